The van der Waals surface area contributed by atoms with Gasteiger partial charge in [-0.25, -0.2) is 4.98 Å². The molecule has 1 aromatic carbocycles. The van der Waals surface area contributed by atoms with Gasteiger partial charge < -0.3 is 10.1 Å². The maximum absolute atomic E-state index is 11.3. The van der Waals surface area contributed by atoms with Gasteiger partial charge in [0.1, 0.15) is 5.82 Å². The number of carbonyl (C=O) groups is 1. The largest absolute Gasteiger partial charge is 0.481 e. The fraction of sp³-hybridized carbons (Fsp3) is 0.467. The van der Waals surface area contributed by atoms with Gasteiger partial charge in [-0.3, -0.25) is 4.79 Å². The maximum Gasteiger partial charge on any atom is 0.313 e. The number of rotatable bonds is 3. The number of hydrogen-bond donors (Lipinski definition) is 2. The normalized spacial score (nSPS) is 16.5. The summed E-state index contributed by atoms with van der Waals surface area (Å²) in [6.45, 7) is 3.44. The second-order valence-electron chi connectivity index (χ2n) is 5.91. The van der Waals surface area contributed by atoms with Crippen molar-refractivity contribution in [2.75, 3.05) is 0 Å². The van der Waals surface area contributed by atoms with Crippen LogP contribution >= 0.6 is 0 Å². The average molecular weight is 258 g/mol. The van der Waals surface area contributed by atoms with E-state index in [1.165, 1.54) is 19.3 Å². The molecule has 0 spiro atoms. The van der Waals surface area contributed by atoms with Gasteiger partial charge in [0.05, 0.1) is 16.4 Å². The number of fused-ring (bicyclic) bond motifs is 1. The Morgan fingerprint density at radius 2 is 2.16 bits per heavy atom. The van der Waals surface area contributed by atoms with Gasteiger partial charge >= 0.3 is 5.97 Å². The lowest BCUT2D eigenvalue weighted by Gasteiger charge is -2.22. The predicted molar refractivity (Wildman–Crippen MR) is 73.3 cm³/mol. The molecule has 1 fully saturated rings. The SMILES string of the molecule is CC(C)(C(=O)O)c1ccc2nc(C3CCC3)[nH]c2c1. The van der Waals surface area contributed by atoms with Crippen LogP contribution in [0.1, 0.15) is 50.4 Å². The van der Waals surface area contributed by atoms with Crippen molar-refractivity contribution in [1.29, 1.82) is 0 Å². The fourth-order valence-corrected chi connectivity index (χ4v) is 2.42. The first-order valence-electron chi connectivity index (χ1n) is 6.72. The van der Waals surface area contributed by atoms with Gasteiger partial charge in [-0.2, -0.15) is 0 Å². The van der Waals surface area contributed by atoms with Gasteiger partial charge in [0, 0.05) is 5.92 Å². The van der Waals surface area contributed by atoms with Gasteiger partial charge in [0.25, 0.3) is 0 Å². The van der Waals surface area contributed by atoms with Crippen LogP contribution in [-0.4, -0.2) is 21.0 Å². The Morgan fingerprint density at radius 1 is 1.42 bits per heavy atom. The van der Waals surface area contributed by atoms with E-state index in [-0.39, 0.29) is 0 Å². The van der Waals surface area contributed by atoms with Crippen LogP contribution in [0.5, 0.6) is 0 Å². The zero-order valence-corrected chi connectivity index (χ0v) is 11.2. The molecule has 4 nitrogen and oxygen atoms in total. The molecule has 1 aromatic heterocycles. The van der Waals surface area contributed by atoms with Crippen LogP contribution in [0.25, 0.3) is 11.0 Å². The average Bonchev–Trinajstić information content (AvgIpc) is 2.67. The monoisotopic (exact) mass is 258 g/mol. The van der Waals surface area contributed by atoms with Crippen molar-refractivity contribution in [1.82, 2.24) is 9.97 Å². The highest BCUT2D eigenvalue weighted by molar-refractivity contribution is 5.83. The third kappa shape index (κ3) is 1.91. The van der Waals surface area contributed by atoms with Crippen LogP contribution in [0.3, 0.4) is 0 Å². The van der Waals surface area contributed by atoms with Crippen LogP contribution in [0.4, 0.5) is 0 Å². The van der Waals surface area contributed by atoms with Gasteiger partial charge in [-0.1, -0.05) is 12.5 Å². The van der Waals surface area contributed by atoms with Crippen LogP contribution in [0.15, 0.2) is 18.2 Å². The molecule has 3 rings (SSSR count). The molecule has 100 valence electrons. The van der Waals surface area contributed by atoms with E-state index >= 15 is 0 Å². The second-order valence-corrected chi connectivity index (χ2v) is 5.91. The highest BCUT2D eigenvalue weighted by atomic mass is 16.4. The summed E-state index contributed by atoms with van der Waals surface area (Å²) in [4.78, 5) is 19.2. The Labute approximate surface area is 111 Å². The van der Waals surface area contributed by atoms with E-state index in [0.29, 0.717) is 5.92 Å². The molecule has 0 bridgehead atoms. The molecule has 1 aliphatic carbocycles. The van der Waals surface area contributed by atoms with E-state index < -0.39 is 11.4 Å². The molecule has 0 saturated heterocycles. The Morgan fingerprint density at radius 3 is 2.74 bits per heavy atom. The smallest absolute Gasteiger partial charge is 0.313 e. The van der Waals surface area contributed by atoms with E-state index in [9.17, 15) is 9.90 Å². The highest BCUT2D eigenvalue weighted by Crippen LogP contribution is 2.36. The van der Waals surface area contributed by atoms with Crippen molar-refractivity contribution in [3.63, 3.8) is 0 Å². The second kappa shape index (κ2) is 4.08. The minimum Gasteiger partial charge on any atom is -0.481 e. The van der Waals surface area contributed by atoms with Gasteiger partial charge in [0.15, 0.2) is 0 Å². The molecule has 2 N–H and O–H groups in total. The lowest BCUT2D eigenvalue weighted by Crippen LogP contribution is -2.28. The van der Waals surface area contributed by atoms with E-state index in [1.54, 1.807) is 13.8 Å². The van der Waals surface area contributed by atoms with Crippen molar-refractivity contribution in [3.8, 4) is 0 Å². The van der Waals surface area contributed by atoms with Gasteiger partial charge in [-0.05, 0) is 44.4 Å². The Hall–Kier alpha value is -1.84. The molecule has 1 heterocycles. The fourth-order valence-electron chi connectivity index (χ4n) is 2.42. The number of carboxylic acid groups (broad SMARTS) is 1. The topological polar surface area (TPSA) is 66.0 Å². The molecule has 1 saturated carbocycles. The van der Waals surface area contributed by atoms with Crippen LogP contribution in [0.2, 0.25) is 0 Å². The number of aromatic amines is 1. The molecule has 0 atom stereocenters. The molecule has 1 aliphatic rings. The van der Waals surface area contributed by atoms with Crippen molar-refractivity contribution >= 4 is 17.0 Å². The minimum absolute atomic E-state index is 0.559. The number of nitrogens with one attached hydrogen (secondary N) is 1. The summed E-state index contributed by atoms with van der Waals surface area (Å²) in [5.41, 5.74) is 1.78. The van der Waals surface area contributed by atoms with Crippen LogP contribution in [-0.2, 0) is 10.2 Å². The predicted octanol–water partition coefficient (Wildman–Crippen LogP) is 3.19. The summed E-state index contributed by atoms with van der Waals surface area (Å²) >= 11 is 0. The van der Waals surface area contributed by atoms with Crippen molar-refractivity contribution in [2.24, 2.45) is 0 Å². The zero-order chi connectivity index (χ0) is 13.6. The standard InChI is InChI=1S/C15H18N2O2/c1-15(2,14(18)19)10-6-7-11-12(8-10)17-13(16-11)9-4-3-5-9/h6-9H,3-5H2,1-2H3,(H,16,17)(H,18,19). The lowest BCUT2D eigenvalue weighted by atomic mass is 9.85. The molecule has 0 radical (unpaired) electrons. The summed E-state index contributed by atoms with van der Waals surface area (Å²) in [5.74, 6) is 0.792. The molecule has 19 heavy (non-hydrogen) atoms. The number of carboxylic acids is 1. The third-order valence-corrected chi connectivity index (χ3v) is 4.25. The number of H-pyrrole nitrogens is 1. The van der Waals surface area contributed by atoms with Gasteiger partial charge in [0.2, 0.25) is 0 Å². The molecular weight excluding hydrogens is 240 g/mol. The summed E-state index contributed by atoms with van der Waals surface area (Å²) in [6, 6.07) is 5.69. The van der Waals surface area contributed by atoms with E-state index in [4.69, 9.17) is 0 Å². The minimum atomic E-state index is -0.879. The van der Waals surface area contributed by atoms with Gasteiger partial charge in [-0.15, -0.1) is 0 Å². The number of nitrogens with zero attached hydrogens (tertiary/aromatic N) is 1. The molecule has 0 aliphatic heterocycles. The summed E-state index contributed by atoms with van der Waals surface area (Å²) in [6.07, 6.45) is 3.68. The summed E-state index contributed by atoms with van der Waals surface area (Å²) < 4.78 is 0. The van der Waals surface area contributed by atoms with Crippen molar-refractivity contribution < 1.29 is 9.90 Å². The van der Waals surface area contributed by atoms with E-state index in [0.717, 1.165) is 22.4 Å². The number of benzene rings is 1. The molecule has 2 aromatic rings. The third-order valence-electron chi connectivity index (χ3n) is 4.25. The Bertz CT molecular complexity index is 639. The van der Waals surface area contributed by atoms with Crippen LogP contribution < -0.4 is 0 Å². The highest BCUT2D eigenvalue weighted by Gasteiger charge is 2.30. The van der Waals surface area contributed by atoms with E-state index in [1.807, 2.05) is 18.2 Å². The lowest BCUT2D eigenvalue weighted by molar-refractivity contribution is -0.142. The number of imidazole rings is 1. The first-order valence-corrected chi connectivity index (χ1v) is 6.72. The molecular formula is C15H18N2O2. The van der Waals surface area contributed by atoms with E-state index in [2.05, 4.69) is 9.97 Å². The zero-order valence-electron chi connectivity index (χ0n) is 11.2. The summed E-state index contributed by atoms with van der Waals surface area (Å²) in [7, 11) is 0. The Kier molecular flexibility index (Phi) is 2.62. The first-order chi connectivity index (χ1) is 8.98. The van der Waals surface area contributed by atoms with Crippen molar-refractivity contribution in [2.45, 2.75) is 44.4 Å². The first kappa shape index (κ1) is 12.2. The number of hydrogen-bond acceptors (Lipinski definition) is 2. The number of aromatic nitrogens is 2. The molecule has 4 heteroatoms. The van der Waals surface area contributed by atoms with Crippen molar-refractivity contribution in [3.05, 3.63) is 29.6 Å². The molecule has 0 amide bonds. The molecule has 0 unspecified atom stereocenters. The Balaban J connectivity index is 2.03. The maximum atomic E-state index is 11.3. The summed E-state index contributed by atoms with van der Waals surface area (Å²) in [5, 5.41) is 9.28. The van der Waals surface area contributed by atoms with Crippen LogP contribution in [0, 0.1) is 0 Å². The quantitative estimate of drug-likeness (QED) is 0.888. The number of aliphatic carboxylic acids is 1.